The lowest BCUT2D eigenvalue weighted by molar-refractivity contribution is -0.0338. The first-order valence-electron chi connectivity index (χ1n) is 15.3. The second kappa shape index (κ2) is 10.4. The molecule has 1 unspecified atom stereocenters. The lowest BCUT2D eigenvalue weighted by atomic mass is 9.58. The van der Waals surface area contributed by atoms with Gasteiger partial charge in [0.1, 0.15) is 6.10 Å². The minimum Gasteiger partial charge on any atom is -0.473 e. The van der Waals surface area contributed by atoms with Crippen molar-refractivity contribution >= 4 is 16.0 Å². The summed E-state index contributed by atoms with van der Waals surface area (Å²) in [5, 5.41) is 0. The van der Waals surface area contributed by atoms with Crippen LogP contribution in [0.5, 0.6) is 5.88 Å². The Kier molecular flexibility index (Phi) is 6.81. The highest BCUT2D eigenvalue weighted by Crippen LogP contribution is 2.53. The van der Waals surface area contributed by atoms with E-state index in [0.717, 1.165) is 48.2 Å². The van der Waals surface area contributed by atoms with E-state index in [1.807, 2.05) is 50.2 Å². The van der Waals surface area contributed by atoms with Crippen LogP contribution in [0.2, 0.25) is 0 Å². The Balaban J connectivity index is 1.27. The summed E-state index contributed by atoms with van der Waals surface area (Å²) in [4.78, 5) is 12.2. The third-order valence-corrected chi connectivity index (χ3v) is 11.4. The number of aromatic nitrogens is 2. The second-order valence-electron chi connectivity index (χ2n) is 12.9. The molecule has 216 valence electrons. The summed E-state index contributed by atoms with van der Waals surface area (Å²) in [6.45, 7) is 5.96. The number of fused-ring (bicyclic) bond motifs is 7. The highest BCUT2D eigenvalue weighted by Gasteiger charge is 2.47. The Morgan fingerprint density at radius 2 is 1.73 bits per heavy atom. The van der Waals surface area contributed by atoms with Gasteiger partial charge in [0, 0.05) is 24.2 Å². The molecule has 0 amide bonds. The Morgan fingerprint density at radius 3 is 2.51 bits per heavy atom. The molecule has 1 aromatic heterocycles. The number of aryl methyl sites for hydroxylation is 2. The Hall–Kier alpha value is -2.97. The lowest BCUT2D eigenvalue weighted by Gasteiger charge is -2.54. The number of rotatable bonds is 2. The molecule has 2 atom stereocenters. The SMILES string of the molecule is Cc1cccc(C)c1-c1cc2nc(n1)NS(=O)(=O)c1cccc(c1)C1CCN(C3CC4(CCCCC4)C3)C[C@H](C1)O2. The summed E-state index contributed by atoms with van der Waals surface area (Å²) in [6, 6.07) is 16.0. The van der Waals surface area contributed by atoms with Crippen LogP contribution in [0.3, 0.4) is 0 Å². The van der Waals surface area contributed by atoms with E-state index in [2.05, 4.69) is 25.7 Å². The quantitative estimate of drug-likeness (QED) is 0.372. The van der Waals surface area contributed by atoms with Gasteiger partial charge in [0.2, 0.25) is 11.8 Å². The molecule has 2 aliphatic carbocycles. The van der Waals surface area contributed by atoms with Crippen molar-refractivity contribution in [1.82, 2.24) is 14.9 Å². The van der Waals surface area contributed by atoms with E-state index in [1.165, 1.54) is 44.9 Å². The van der Waals surface area contributed by atoms with Crippen molar-refractivity contribution in [2.75, 3.05) is 17.8 Å². The zero-order valence-corrected chi connectivity index (χ0v) is 24.9. The van der Waals surface area contributed by atoms with Gasteiger partial charge in [-0.05, 0) is 99.1 Å². The predicted molar refractivity (Wildman–Crippen MR) is 161 cm³/mol. The highest BCUT2D eigenvalue weighted by molar-refractivity contribution is 7.92. The molecule has 8 heteroatoms. The summed E-state index contributed by atoms with van der Waals surface area (Å²) in [5.41, 5.74) is 5.40. The van der Waals surface area contributed by atoms with Crippen LogP contribution in [0, 0.1) is 19.3 Å². The molecular weight excluding hydrogens is 532 g/mol. The van der Waals surface area contributed by atoms with Crippen molar-refractivity contribution in [1.29, 1.82) is 0 Å². The molecule has 3 aromatic rings. The van der Waals surface area contributed by atoms with Gasteiger partial charge >= 0.3 is 0 Å². The number of benzene rings is 2. The number of ether oxygens (including phenoxy) is 1. The summed E-state index contributed by atoms with van der Waals surface area (Å²) in [6.07, 6.45) is 11.3. The number of nitrogens with zero attached hydrogens (tertiary/aromatic N) is 3. The maximum absolute atomic E-state index is 13.5. The molecule has 2 aromatic carbocycles. The van der Waals surface area contributed by atoms with Crippen molar-refractivity contribution in [2.24, 2.45) is 5.41 Å². The first-order valence-corrected chi connectivity index (χ1v) is 16.7. The van der Waals surface area contributed by atoms with Crippen LogP contribution < -0.4 is 9.46 Å². The fourth-order valence-corrected chi connectivity index (χ4v) is 8.97. The average Bonchev–Trinajstić information content (AvgIpc) is 3.14. The van der Waals surface area contributed by atoms with Gasteiger partial charge in [0.05, 0.1) is 10.6 Å². The molecule has 2 aliphatic heterocycles. The van der Waals surface area contributed by atoms with Crippen LogP contribution >= 0.6 is 0 Å². The van der Waals surface area contributed by atoms with E-state index in [0.29, 0.717) is 23.0 Å². The molecule has 1 spiro atoms. The maximum Gasteiger partial charge on any atom is 0.264 e. The van der Waals surface area contributed by atoms with E-state index in [9.17, 15) is 8.42 Å². The zero-order chi connectivity index (χ0) is 28.2. The maximum atomic E-state index is 13.5. The van der Waals surface area contributed by atoms with Gasteiger partial charge in [0.25, 0.3) is 10.0 Å². The molecular formula is C33H40N4O3S. The average molecular weight is 573 g/mol. The van der Waals surface area contributed by atoms with Gasteiger partial charge in [-0.1, -0.05) is 49.6 Å². The number of hydrogen-bond donors (Lipinski definition) is 1. The van der Waals surface area contributed by atoms with E-state index in [-0.39, 0.29) is 22.9 Å². The largest absolute Gasteiger partial charge is 0.473 e. The molecule has 1 N–H and O–H groups in total. The number of likely N-dealkylation sites (tertiary alicyclic amines) is 1. The van der Waals surface area contributed by atoms with Gasteiger partial charge in [0.15, 0.2) is 0 Å². The minimum atomic E-state index is -3.88. The number of anilines is 1. The van der Waals surface area contributed by atoms with Gasteiger partial charge in [-0.3, -0.25) is 4.90 Å². The van der Waals surface area contributed by atoms with Crippen molar-refractivity contribution in [3.05, 3.63) is 65.2 Å². The smallest absolute Gasteiger partial charge is 0.264 e. The van der Waals surface area contributed by atoms with E-state index < -0.39 is 10.0 Å². The predicted octanol–water partition coefficient (Wildman–Crippen LogP) is 6.61. The van der Waals surface area contributed by atoms with Crippen molar-refractivity contribution < 1.29 is 13.2 Å². The summed E-state index contributed by atoms with van der Waals surface area (Å²) >= 11 is 0. The van der Waals surface area contributed by atoms with E-state index >= 15 is 0 Å². The van der Waals surface area contributed by atoms with Gasteiger partial charge < -0.3 is 4.74 Å². The summed E-state index contributed by atoms with van der Waals surface area (Å²) < 4.78 is 36.4. The van der Waals surface area contributed by atoms with Crippen LogP contribution in [-0.2, 0) is 10.0 Å². The molecule has 3 heterocycles. The zero-order valence-electron chi connectivity index (χ0n) is 24.1. The van der Waals surface area contributed by atoms with Crippen LogP contribution in [-0.4, -0.2) is 48.5 Å². The molecule has 0 radical (unpaired) electrons. The Morgan fingerprint density at radius 1 is 0.976 bits per heavy atom. The highest BCUT2D eigenvalue weighted by atomic mass is 32.2. The molecule has 4 aliphatic rings. The topological polar surface area (TPSA) is 84.4 Å². The summed E-state index contributed by atoms with van der Waals surface area (Å²) in [5.74, 6) is 0.664. The fourth-order valence-electron chi connectivity index (χ4n) is 7.98. The normalized spacial score (nSPS) is 26.8. The molecule has 3 fully saturated rings. The van der Waals surface area contributed by atoms with Gasteiger partial charge in [-0.2, -0.15) is 4.98 Å². The van der Waals surface area contributed by atoms with E-state index in [1.54, 1.807) is 6.07 Å². The Bertz CT molecular complexity index is 1540. The fraction of sp³-hybridized carbons (Fsp3) is 0.515. The lowest BCUT2D eigenvalue weighted by Crippen LogP contribution is -2.53. The summed E-state index contributed by atoms with van der Waals surface area (Å²) in [7, 11) is -3.88. The van der Waals surface area contributed by atoms with Crippen molar-refractivity contribution in [3.8, 4) is 17.1 Å². The third kappa shape index (κ3) is 5.25. The van der Waals surface area contributed by atoms with E-state index in [4.69, 9.17) is 4.74 Å². The first kappa shape index (κ1) is 26.9. The number of nitrogens with one attached hydrogen (secondary N) is 1. The van der Waals surface area contributed by atoms with Gasteiger partial charge in [-0.25, -0.2) is 18.1 Å². The Labute approximate surface area is 243 Å². The standard InChI is InChI=1S/C33H40N4O3S/c1-22-8-6-9-23(2)31(22)29-18-30-35-32(34-29)36-41(38,39)28-11-7-10-24(17-28)25-12-15-37(21-27(16-25)40-30)26-19-33(20-26)13-4-3-5-14-33/h6-11,17-18,25-27H,3-5,12-16,19-21H2,1-2H3,(H,34,35,36)/t25?,27-/m0/s1. The molecule has 41 heavy (non-hydrogen) atoms. The molecule has 1 saturated heterocycles. The first-order chi connectivity index (χ1) is 19.8. The van der Waals surface area contributed by atoms with Gasteiger partial charge in [-0.15, -0.1) is 0 Å². The molecule has 6 bridgehead atoms. The molecule has 7 rings (SSSR count). The van der Waals surface area contributed by atoms with Crippen molar-refractivity contribution in [3.63, 3.8) is 0 Å². The van der Waals surface area contributed by atoms with Crippen LogP contribution in [0.15, 0.2) is 53.4 Å². The number of sulfonamides is 1. The minimum absolute atomic E-state index is 0.0337. The van der Waals surface area contributed by atoms with Crippen LogP contribution in [0.1, 0.15) is 80.4 Å². The molecule has 2 saturated carbocycles. The third-order valence-electron chi connectivity index (χ3n) is 10.1. The van der Waals surface area contributed by atoms with Crippen molar-refractivity contribution in [2.45, 2.75) is 94.6 Å². The molecule has 7 nitrogen and oxygen atoms in total. The van der Waals surface area contributed by atoms with Crippen LogP contribution in [0.4, 0.5) is 5.95 Å². The van der Waals surface area contributed by atoms with Crippen LogP contribution in [0.25, 0.3) is 11.3 Å². The monoisotopic (exact) mass is 572 g/mol. The second-order valence-corrected chi connectivity index (χ2v) is 14.6. The number of hydrogen-bond acceptors (Lipinski definition) is 6.